The molecule has 0 aliphatic rings. The largest absolute Gasteiger partial charge is 0.396 e. The monoisotopic (exact) mass is 215 g/mol. The summed E-state index contributed by atoms with van der Waals surface area (Å²) in [6.07, 6.45) is 0. The zero-order chi connectivity index (χ0) is 11.6. The Balaban J connectivity index is 3.28. The number of rotatable bonds is 3. The van der Waals surface area contributed by atoms with Gasteiger partial charge in [0.05, 0.1) is 0 Å². The van der Waals surface area contributed by atoms with E-state index in [1.807, 2.05) is 0 Å². The minimum atomic E-state index is -0.879. The maximum absolute atomic E-state index is 13.0. The quantitative estimate of drug-likeness (QED) is 0.834. The van der Waals surface area contributed by atoms with E-state index in [1.165, 1.54) is 0 Å². The second-order valence-electron chi connectivity index (χ2n) is 3.80. The lowest BCUT2D eigenvalue weighted by molar-refractivity contribution is 0.273. The first kappa shape index (κ1) is 11.9. The number of nitrogens with zero attached hydrogens (tertiary/aromatic N) is 1. The summed E-state index contributed by atoms with van der Waals surface area (Å²) in [4.78, 5) is 1.70. The molecule has 15 heavy (non-hydrogen) atoms. The summed E-state index contributed by atoms with van der Waals surface area (Å²) < 4.78 is 26.1. The van der Waals surface area contributed by atoms with Gasteiger partial charge in [-0.2, -0.15) is 0 Å². The van der Waals surface area contributed by atoms with Crippen LogP contribution in [0.4, 0.5) is 14.5 Å². The van der Waals surface area contributed by atoms with Crippen molar-refractivity contribution >= 4 is 5.69 Å². The number of aliphatic hydroxyl groups is 1. The molecule has 0 aliphatic carbocycles. The molecule has 84 valence electrons. The average molecular weight is 215 g/mol. The second-order valence-corrected chi connectivity index (χ2v) is 3.80. The van der Waals surface area contributed by atoms with Crippen molar-refractivity contribution in [2.75, 3.05) is 25.6 Å². The number of anilines is 1. The summed E-state index contributed by atoms with van der Waals surface area (Å²) in [6.45, 7) is 1.67. The van der Waals surface area contributed by atoms with Gasteiger partial charge in [0.1, 0.15) is 0 Å². The maximum atomic E-state index is 13.0. The van der Waals surface area contributed by atoms with Gasteiger partial charge in [-0.1, -0.05) is 6.92 Å². The summed E-state index contributed by atoms with van der Waals surface area (Å²) >= 11 is 0. The summed E-state index contributed by atoms with van der Waals surface area (Å²) in [5, 5.41) is 9.02. The third-order valence-corrected chi connectivity index (χ3v) is 2.36. The minimum Gasteiger partial charge on any atom is -0.396 e. The Bertz CT molecular complexity index is 353. The van der Waals surface area contributed by atoms with Crippen molar-refractivity contribution in [3.8, 4) is 0 Å². The van der Waals surface area contributed by atoms with E-state index in [0.717, 1.165) is 12.1 Å². The van der Waals surface area contributed by atoms with Crippen LogP contribution in [0, 0.1) is 11.6 Å². The van der Waals surface area contributed by atoms with E-state index in [2.05, 4.69) is 0 Å². The van der Waals surface area contributed by atoms with Crippen LogP contribution in [-0.2, 0) is 0 Å². The zero-order valence-electron chi connectivity index (χ0n) is 9.09. The standard InChI is InChI=1S/C11H15F2NO/c1-7(6-15)8-4-9(12)10(13)5-11(8)14(2)3/h4-5,7,15H,6H2,1-3H3. The molecule has 1 aromatic rings. The molecule has 0 bridgehead atoms. The van der Waals surface area contributed by atoms with Gasteiger partial charge in [-0.3, -0.25) is 0 Å². The van der Waals surface area contributed by atoms with E-state index in [-0.39, 0.29) is 12.5 Å². The van der Waals surface area contributed by atoms with Crippen LogP contribution in [0.15, 0.2) is 12.1 Å². The molecule has 1 atom stereocenters. The molecule has 0 saturated heterocycles. The van der Waals surface area contributed by atoms with Crippen LogP contribution in [0.1, 0.15) is 18.4 Å². The van der Waals surface area contributed by atoms with Gasteiger partial charge in [-0.25, -0.2) is 8.78 Å². The lowest BCUT2D eigenvalue weighted by Crippen LogP contribution is -2.14. The molecule has 1 unspecified atom stereocenters. The van der Waals surface area contributed by atoms with Crippen molar-refractivity contribution in [1.82, 2.24) is 0 Å². The third kappa shape index (κ3) is 2.45. The van der Waals surface area contributed by atoms with Gasteiger partial charge >= 0.3 is 0 Å². The van der Waals surface area contributed by atoms with Crippen LogP contribution >= 0.6 is 0 Å². The molecule has 0 fully saturated rings. The van der Waals surface area contributed by atoms with Crippen molar-refractivity contribution in [2.45, 2.75) is 12.8 Å². The molecule has 4 heteroatoms. The number of benzene rings is 1. The van der Waals surface area contributed by atoms with Crippen molar-refractivity contribution in [3.63, 3.8) is 0 Å². The van der Waals surface area contributed by atoms with Gasteiger partial charge in [0.15, 0.2) is 11.6 Å². The number of hydrogen-bond donors (Lipinski definition) is 1. The van der Waals surface area contributed by atoms with Crippen LogP contribution < -0.4 is 4.90 Å². The SMILES string of the molecule is CC(CO)c1cc(F)c(F)cc1N(C)C. The fourth-order valence-electron chi connectivity index (χ4n) is 1.43. The van der Waals surface area contributed by atoms with Gasteiger partial charge in [0.2, 0.25) is 0 Å². The topological polar surface area (TPSA) is 23.5 Å². The normalized spacial score (nSPS) is 12.7. The fourth-order valence-corrected chi connectivity index (χ4v) is 1.43. The molecular formula is C11H15F2NO. The molecule has 2 nitrogen and oxygen atoms in total. The Morgan fingerprint density at radius 1 is 1.27 bits per heavy atom. The van der Waals surface area contributed by atoms with E-state index in [9.17, 15) is 8.78 Å². The highest BCUT2D eigenvalue weighted by Crippen LogP contribution is 2.28. The second kappa shape index (κ2) is 4.57. The predicted octanol–water partition coefficient (Wildman–Crippen LogP) is 2.13. The number of aliphatic hydroxyl groups excluding tert-OH is 1. The highest BCUT2D eigenvalue weighted by Gasteiger charge is 2.15. The Morgan fingerprint density at radius 3 is 2.27 bits per heavy atom. The first-order valence-corrected chi connectivity index (χ1v) is 4.74. The van der Waals surface area contributed by atoms with Crippen molar-refractivity contribution in [1.29, 1.82) is 0 Å². The Hall–Kier alpha value is -1.16. The van der Waals surface area contributed by atoms with Crippen LogP contribution in [0.2, 0.25) is 0 Å². The summed E-state index contributed by atoms with van der Waals surface area (Å²) in [7, 11) is 3.50. The number of halogens is 2. The molecule has 0 spiro atoms. The summed E-state index contributed by atoms with van der Waals surface area (Å²) in [5.74, 6) is -1.96. The Labute approximate surface area is 88.1 Å². The van der Waals surface area contributed by atoms with E-state index < -0.39 is 11.6 Å². The lowest BCUT2D eigenvalue weighted by atomic mass is 9.99. The molecule has 1 N–H and O–H groups in total. The van der Waals surface area contributed by atoms with Gasteiger partial charge in [0.25, 0.3) is 0 Å². The summed E-state index contributed by atoms with van der Waals surface area (Å²) in [5.41, 5.74) is 1.21. The third-order valence-electron chi connectivity index (χ3n) is 2.36. The first-order valence-electron chi connectivity index (χ1n) is 4.74. The molecule has 0 heterocycles. The van der Waals surface area contributed by atoms with Gasteiger partial charge < -0.3 is 10.0 Å². The van der Waals surface area contributed by atoms with Gasteiger partial charge in [0, 0.05) is 38.4 Å². The number of hydrogen-bond acceptors (Lipinski definition) is 2. The van der Waals surface area contributed by atoms with E-state index in [1.54, 1.807) is 25.9 Å². The Morgan fingerprint density at radius 2 is 1.80 bits per heavy atom. The van der Waals surface area contributed by atoms with Gasteiger partial charge in [-0.05, 0) is 11.6 Å². The van der Waals surface area contributed by atoms with E-state index in [0.29, 0.717) is 11.3 Å². The molecule has 0 radical (unpaired) electrons. The van der Waals surface area contributed by atoms with Crippen LogP contribution in [0.25, 0.3) is 0 Å². The predicted molar refractivity (Wildman–Crippen MR) is 56.2 cm³/mol. The molecule has 0 amide bonds. The Kier molecular flexibility index (Phi) is 3.63. The van der Waals surface area contributed by atoms with Crippen molar-refractivity contribution < 1.29 is 13.9 Å². The molecule has 1 rings (SSSR count). The van der Waals surface area contributed by atoms with Crippen molar-refractivity contribution in [3.05, 3.63) is 29.3 Å². The van der Waals surface area contributed by atoms with Crippen LogP contribution in [0.3, 0.4) is 0 Å². The summed E-state index contributed by atoms with van der Waals surface area (Å²) in [6, 6.07) is 2.29. The molecular weight excluding hydrogens is 200 g/mol. The average Bonchev–Trinajstić information content (AvgIpc) is 2.20. The van der Waals surface area contributed by atoms with Crippen molar-refractivity contribution in [2.24, 2.45) is 0 Å². The molecule has 1 aromatic carbocycles. The highest BCUT2D eigenvalue weighted by atomic mass is 19.2. The smallest absolute Gasteiger partial charge is 0.160 e. The minimum absolute atomic E-state index is 0.0914. The fraction of sp³-hybridized carbons (Fsp3) is 0.455. The van der Waals surface area contributed by atoms with Crippen LogP contribution in [-0.4, -0.2) is 25.8 Å². The highest BCUT2D eigenvalue weighted by molar-refractivity contribution is 5.54. The van der Waals surface area contributed by atoms with Crippen LogP contribution in [0.5, 0.6) is 0 Å². The maximum Gasteiger partial charge on any atom is 0.160 e. The lowest BCUT2D eigenvalue weighted by Gasteiger charge is -2.20. The van der Waals surface area contributed by atoms with Gasteiger partial charge in [-0.15, -0.1) is 0 Å². The molecule has 0 aromatic heterocycles. The molecule has 0 aliphatic heterocycles. The first-order chi connectivity index (χ1) is 6.97. The van der Waals surface area contributed by atoms with E-state index >= 15 is 0 Å². The zero-order valence-corrected chi connectivity index (χ0v) is 9.09. The van der Waals surface area contributed by atoms with E-state index in [4.69, 9.17) is 5.11 Å². The molecule has 0 saturated carbocycles.